The highest BCUT2D eigenvalue weighted by Crippen LogP contribution is 2.28. The lowest BCUT2D eigenvalue weighted by molar-refractivity contribution is -0.113. The molecule has 1 aromatic heterocycles. The van der Waals surface area contributed by atoms with E-state index in [-0.39, 0.29) is 24.2 Å². The zero-order valence-corrected chi connectivity index (χ0v) is 21.0. The number of rotatable bonds is 11. The fraction of sp³-hybridized carbons (Fsp3) is 0.304. The number of amides is 2. The van der Waals surface area contributed by atoms with Crippen LogP contribution in [0, 0.1) is 0 Å². The lowest BCUT2D eigenvalue weighted by Gasteiger charge is -2.17. The number of halogens is 1. The van der Waals surface area contributed by atoms with Crippen molar-refractivity contribution in [1.82, 2.24) is 20.1 Å². The van der Waals surface area contributed by atoms with Crippen LogP contribution in [0.15, 0.2) is 47.6 Å². The van der Waals surface area contributed by atoms with E-state index in [9.17, 15) is 14.7 Å². The molecule has 10 nitrogen and oxygen atoms in total. The molecule has 1 atom stereocenters. The van der Waals surface area contributed by atoms with Gasteiger partial charge in [-0.2, -0.15) is 0 Å². The van der Waals surface area contributed by atoms with Crippen molar-refractivity contribution in [2.45, 2.75) is 24.7 Å². The topological polar surface area (TPSA) is 128 Å². The molecule has 0 aliphatic carbocycles. The van der Waals surface area contributed by atoms with Crippen LogP contribution in [0.1, 0.15) is 29.1 Å². The monoisotopic (exact) mass is 519 g/mol. The number of carbonyl (C=O) groups excluding carboxylic acids is 2. The maximum absolute atomic E-state index is 12.7. The van der Waals surface area contributed by atoms with E-state index in [1.807, 2.05) is 6.92 Å². The molecule has 0 saturated heterocycles. The van der Waals surface area contributed by atoms with Crippen molar-refractivity contribution in [2.24, 2.45) is 0 Å². The van der Waals surface area contributed by atoms with Crippen LogP contribution in [0.25, 0.3) is 0 Å². The van der Waals surface area contributed by atoms with Gasteiger partial charge in [0.15, 0.2) is 11.0 Å². The minimum absolute atomic E-state index is 0.0514. The average molecular weight is 520 g/mol. The molecule has 2 amide bonds. The number of benzene rings is 2. The molecular weight excluding hydrogens is 494 g/mol. The minimum Gasteiger partial charge on any atom is -0.497 e. The van der Waals surface area contributed by atoms with Crippen molar-refractivity contribution in [3.05, 3.63) is 58.9 Å². The second-order valence-electron chi connectivity index (χ2n) is 7.20. The van der Waals surface area contributed by atoms with E-state index >= 15 is 0 Å². The van der Waals surface area contributed by atoms with Crippen LogP contribution in [0.2, 0.25) is 5.02 Å². The van der Waals surface area contributed by atoms with Crippen LogP contribution in [0.5, 0.6) is 11.5 Å². The van der Waals surface area contributed by atoms with Crippen molar-refractivity contribution < 1.29 is 24.2 Å². The number of anilines is 1. The maximum Gasteiger partial charge on any atom is 0.251 e. The van der Waals surface area contributed by atoms with Crippen LogP contribution in [-0.4, -0.2) is 58.3 Å². The van der Waals surface area contributed by atoms with Gasteiger partial charge in [0.25, 0.3) is 5.91 Å². The van der Waals surface area contributed by atoms with Gasteiger partial charge >= 0.3 is 0 Å². The molecule has 0 radical (unpaired) electrons. The van der Waals surface area contributed by atoms with Crippen LogP contribution < -0.4 is 20.1 Å². The van der Waals surface area contributed by atoms with Crippen molar-refractivity contribution >= 4 is 40.9 Å². The zero-order chi connectivity index (χ0) is 25.4. The number of carbonyl (C=O) groups is 2. The highest BCUT2D eigenvalue weighted by Gasteiger charge is 2.23. The van der Waals surface area contributed by atoms with Gasteiger partial charge in [-0.05, 0) is 49.4 Å². The number of aliphatic hydroxyl groups excluding tert-OH is 1. The molecule has 0 aliphatic rings. The van der Waals surface area contributed by atoms with E-state index in [2.05, 4.69) is 20.8 Å². The number of hydrogen-bond acceptors (Lipinski definition) is 8. The fourth-order valence-electron chi connectivity index (χ4n) is 3.23. The number of hydrogen-bond donors (Lipinski definition) is 3. The largest absolute Gasteiger partial charge is 0.497 e. The van der Waals surface area contributed by atoms with E-state index in [1.54, 1.807) is 54.1 Å². The molecule has 3 N–H and O–H groups in total. The van der Waals surface area contributed by atoms with Gasteiger partial charge < -0.3 is 29.8 Å². The third-order valence-corrected chi connectivity index (χ3v) is 6.18. The Kier molecular flexibility index (Phi) is 9.35. The standard InChI is InChI=1S/C23H26ClN5O5S/c1-4-29-21(18(12-30)26-22(32)14-5-8-16(33-2)9-6-14)27-28-23(29)35-13-20(31)25-17-11-15(24)7-10-19(17)34-3/h5-11,18,30H,4,12-13H2,1-3H3,(H,25,31)(H,26,32)/t18-/m1/s1. The SMILES string of the molecule is CCn1c(SCC(=O)Nc2cc(Cl)ccc2OC)nnc1[C@@H](CO)NC(=O)c1ccc(OC)cc1. The molecule has 186 valence electrons. The quantitative estimate of drug-likeness (QED) is 0.330. The first-order valence-corrected chi connectivity index (χ1v) is 12.0. The first kappa shape index (κ1) is 26.3. The summed E-state index contributed by atoms with van der Waals surface area (Å²) in [5.74, 6) is 0.901. The summed E-state index contributed by atoms with van der Waals surface area (Å²) in [6.07, 6.45) is 0. The average Bonchev–Trinajstić information content (AvgIpc) is 3.28. The van der Waals surface area contributed by atoms with E-state index in [0.717, 1.165) is 0 Å². The van der Waals surface area contributed by atoms with E-state index in [4.69, 9.17) is 21.1 Å². The van der Waals surface area contributed by atoms with E-state index in [1.165, 1.54) is 18.9 Å². The molecule has 0 spiro atoms. The van der Waals surface area contributed by atoms with Gasteiger partial charge in [0.05, 0.1) is 32.3 Å². The van der Waals surface area contributed by atoms with Gasteiger partial charge in [0, 0.05) is 17.1 Å². The Labute approximate surface area is 212 Å². The third-order valence-electron chi connectivity index (χ3n) is 4.98. The van der Waals surface area contributed by atoms with Gasteiger partial charge in [-0.15, -0.1) is 10.2 Å². The van der Waals surface area contributed by atoms with Crippen molar-refractivity contribution in [2.75, 3.05) is 31.9 Å². The van der Waals surface area contributed by atoms with Crippen LogP contribution in [-0.2, 0) is 11.3 Å². The molecule has 3 aromatic rings. The lowest BCUT2D eigenvalue weighted by Crippen LogP contribution is -2.32. The highest BCUT2D eigenvalue weighted by atomic mass is 35.5. The number of ether oxygens (including phenoxy) is 2. The zero-order valence-electron chi connectivity index (χ0n) is 19.4. The summed E-state index contributed by atoms with van der Waals surface area (Å²) in [5.41, 5.74) is 0.874. The molecular formula is C23H26ClN5O5S. The lowest BCUT2D eigenvalue weighted by atomic mass is 10.2. The Bertz CT molecular complexity index is 1170. The highest BCUT2D eigenvalue weighted by molar-refractivity contribution is 7.99. The molecule has 0 unspecified atom stereocenters. The van der Waals surface area contributed by atoms with Crippen molar-refractivity contribution in [3.8, 4) is 11.5 Å². The molecule has 3 rings (SSSR count). The van der Waals surface area contributed by atoms with Gasteiger partial charge in [0.2, 0.25) is 5.91 Å². The normalized spacial score (nSPS) is 11.6. The molecule has 0 bridgehead atoms. The predicted molar refractivity (Wildman–Crippen MR) is 133 cm³/mol. The maximum atomic E-state index is 12.7. The summed E-state index contributed by atoms with van der Waals surface area (Å²) in [6.45, 7) is 1.98. The summed E-state index contributed by atoms with van der Waals surface area (Å²) in [6, 6.07) is 10.8. The van der Waals surface area contributed by atoms with Gasteiger partial charge in [-0.1, -0.05) is 23.4 Å². The Balaban J connectivity index is 1.67. The van der Waals surface area contributed by atoms with Crippen molar-refractivity contribution in [1.29, 1.82) is 0 Å². The number of thioether (sulfide) groups is 1. The Morgan fingerprint density at radius 1 is 1.14 bits per heavy atom. The molecule has 12 heteroatoms. The Morgan fingerprint density at radius 3 is 2.51 bits per heavy atom. The Morgan fingerprint density at radius 2 is 1.89 bits per heavy atom. The minimum atomic E-state index is -0.782. The van der Waals surface area contributed by atoms with Gasteiger partial charge in [0.1, 0.15) is 17.5 Å². The molecule has 0 aliphatic heterocycles. The van der Waals surface area contributed by atoms with Gasteiger partial charge in [-0.25, -0.2) is 0 Å². The first-order valence-electron chi connectivity index (χ1n) is 10.6. The van der Waals surface area contributed by atoms with E-state index < -0.39 is 6.04 Å². The predicted octanol–water partition coefficient (Wildman–Crippen LogP) is 3.16. The number of nitrogens with one attached hydrogen (secondary N) is 2. The van der Waals surface area contributed by atoms with Crippen LogP contribution in [0.4, 0.5) is 5.69 Å². The number of aliphatic hydroxyl groups is 1. The third kappa shape index (κ3) is 6.65. The summed E-state index contributed by atoms with van der Waals surface area (Å²) in [7, 11) is 3.05. The van der Waals surface area contributed by atoms with Crippen LogP contribution in [0.3, 0.4) is 0 Å². The summed E-state index contributed by atoms with van der Waals surface area (Å²) in [5, 5.41) is 24.7. The number of aromatic nitrogens is 3. The number of nitrogens with zero attached hydrogens (tertiary/aromatic N) is 3. The molecule has 0 fully saturated rings. The van der Waals surface area contributed by atoms with Crippen LogP contribution >= 0.6 is 23.4 Å². The smallest absolute Gasteiger partial charge is 0.251 e. The fourth-order valence-corrected chi connectivity index (χ4v) is 4.21. The molecule has 35 heavy (non-hydrogen) atoms. The Hall–Kier alpha value is -3.28. The van der Waals surface area contributed by atoms with Crippen molar-refractivity contribution in [3.63, 3.8) is 0 Å². The van der Waals surface area contributed by atoms with E-state index in [0.29, 0.717) is 45.3 Å². The van der Waals surface area contributed by atoms with Gasteiger partial charge in [-0.3, -0.25) is 9.59 Å². The molecule has 2 aromatic carbocycles. The number of methoxy groups -OCH3 is 2. The second-order valence-corrected chi connectivity index (χ2v) is 8.58. The summed E-state index contributed by atoms with van der Waals surface area (Å²) in [4.78, 5) is 25.2. The summed E-state index contributed by atoms with van der Waals surface area (Å²) < 4.78 is 12.1. The first-order chi connectivity index (χ1) is 16.9. The molecule has 1 heterocycles. The summed E-state index contributed by atoms with van der Waals surface area (Å²) >= 11 is 7.19. The molecule has 0 saturated carbocycles. The second kappa shape index (κ2) is 12.4.